The lowest BCUT2D eigenvalue weighted by Crippen LogP contribution is -2.64. The van der Waals surface area contributed by atoms with Gasteiger partial charge in [0, 0.05) is 46.5 Å². The van der Waals surface area contributed by atoms with Crippen LogP contribution in [0.3, 0.4) is 0 Å². The normalized spacial score (nSPS) is 13.5. The first kappa shape index (κ1) is 55.8. The molecule has 0 radical (unpaired) electrons. The van der Waals surface area contributed by atoms with Crippen molar-refractivity contribution < 1.29 is 18.9 Å². The Balaban J connectivity index is 0.880. The van der Waals surface area contributed by atoms with Gasteiger partial charge in [0.05, 0.1) is 11.4 Å². The van der Waals surface area contributed by atoms with Gasteiger partial charge < -0.3 is 23.8 Å². The zero-order valence-electron chi connectivity index (χ0n) is 53.8. The van der Waals surface area contributed by atoms with E-state index in [9.17, 15) is 0 Å². The third-order valence-corrected chi connectivity index (χ3v) is 21.7. The molecule has 0 bridgehead atoms. The molecule has 10 heteroatoms. The van der Waals surface area contributed by atoms with Crippen LogP contribution in [0.2, 0.25) is 0 Å². The molecule has 13 aromatic rings. The monoisotopic (exact) mass is 1240 g/mol. The summed E-state index contributed by atoms with van der Waals surface area (Å²) in [6.45, 7) is 12.6. The van der Waals surface area contributed by atoms with Gasteiger partial charge in [0.15, 0.2) is 0 Å². The van der Waals surface area contributed by atoms with Gasteiger partial charge in [-0.2, -0.15) is 0 Å². The summed E-state index contributed by atoms with van der Waals surface area (Å²) < 4.78 is 32.5. The van der Waals surface area contributed by atoms with E-state index in [1.807, 2.05) is 0 Å². The van der Waals surface area contributed by atoms with Crippen molar-refractivity contribution in [1.82, 2.24) is 0 Å². The van der Waals surface area contributed by atoms with Crippen LogP contribution in [0.25, 0.3) is 55.6 Å². The Hall–Kier alpha value is -10.8. The minimum Gasteiger partial charge on any atom is -0.458 e. The van der Waals surface area contributed by atoms with Crippen molar-refractivity contribution in [2.45, 2.75) is 41.5 Å². The van der Waals surface area contributed by atoms with Crippen molar-refractivity contribution in [3.63, 3.8) is 0 Å². The average molecular weight is 1240 g/mol. The van der Waals surface area contributed by atoms with Gasteiger partial charge in [-0.25, -0.2) is 0 Å². The molecule has 0 aliphatic carbocycles. The molecule has 0 unspecified atom stereocenters. The smallest absolute Gasteiger partial charge is 0.260 e. The Kier molecular flexibility index (Phi) is 12.4. The van der Waals surface area contributed by atoms with Crippen LogP contribution in [0.5, 0.6) is 46.0 Å². The van der Waals surface area contributed by atoms with E-state index in [1.54, 1.807) is 11.9 Å². The summed E-state index contributed by atoms with van der Waals surface area (Å²) in [7, 11) is 0. The third-order valence-electron chi connectivity index (χ3n) is 20.9. The van der Waals surface area contributed by atoms with E-state index >= 15 is 0 Å². The Morgan fingerprint density at radius 3 is 1.28 bits per heavy atom. The largest absolute Gasteiger partial charge is 0.458 e. The first-order valence-corrected chi connectivity index (χ1v) is 34.1. The first-order valence-electron chi connectivity index (χ1n) is 32.9. The third kappa shape index (κ3) is 8.36. The molecule has 0 N–H and O–H groups in total. The number of hydrogen-bond donors (Lipinski definition) is 0. The van der Waals surface area contributed by atoms with E-state index in [4.69, 9.17) is 18.9 Å². The molecule has 0 atom stereocenters. The summed E-state index contributed by atoms with van der Waals surface area (Å²) in [5.41, 5.74) is 34.0. The lowest BCUT2D eigenvalue weighted by atomic mass is 9.30. The summed E-state index contributed by atoms with van der Waals surface area (Å²) in [6.07, 6.45) is 2.19. The van der Waals surface area contributed by atoms with E-state index in [0.29, 0.717) is 0 Å². The molecule has 0 spiro atoms. The van der Waals surface area contributed by atoms with Crippen LogP contribution in [0.1, 0.15) is 33.4 Å². The second-order valence-corrected chi connectivity index (χ2v) is 27.2. The zero-order valence-corrected chi connectivity index (χ0v) is 54.6. The maximum atomic E-state index is 7.66. The molecular formula is C85H61B3N2O4S. The number of rotatable bonds is 7. The zero-order chi connectivity index (χ0) is 63.6. The van der Waals surface area contributed by atoms with E-state index < -0.39 is 0 Å². The molecule has 13 aromatic carbocycles. The maximum Gasteiger partial charge on any atom is 0.260 e. The molecule has 0 saturated carbocycles. The Morgan fingerprint density at radius 1 is 0.284 bits per heavy atom. The Labute approximate surface area is 559 Å². The van der Waals surface area contributed by atoms with Crippen molar-refractivity contribution in [3.8, 4) is 102 Å². The number of nitrogens with zero attached hydrogens (tertiary/aromatic N) is 2. The van der Waals surface area contributed by atoms with Crippen molar-refractivity contribution in [2.24, 2.45) is 0 Å². The second kappa shape index (κ2) is 21.1. The second-order valence-electron chi connectivity index (χ2n) is 26.5. The lowest BCUT2D eigenvalue weighted by Gasteiger charge is -2.43. The molecule has 6 aliphatic heterocycles. The molecule has 19 rings (SSSR count). The molecular weight excluding hydrogens is 1180 g/mol. The number of para-hydroxylation sites is 2. The van der Waals surface area contributed by atoms with Gasteiger partial charge in [-0.15, -0.1) is 0 Å². The van der Waals surface area contributed by atoms with Gasteiger partial charge in [0.25, 0.3) is 20.1 Å². The Bertz CT molecular complexity index is 5420. The summed E-state index contributed by atoms with van der Waals surface area (Å²) in [5.74, 6) is 6.65. The molecule has 6 heterocycles. The molecule has 6 nitrogen and oxygen atoms in total. The molecule has 0 fully saturated rings. The van der Waals surface area contributed by atoms with Crippen molar-refractivity contribution >= 4 is 110 Å². The van der Waals surface area contributed by atoms with E-state index in [1.165, 1.54) is 61.0 Å². The molecule has 95 heavy (non-hydrogen) atoms. The van der Waals surface area contributed by atoms with Crippen molar-refractivity contribution in [2.75, 3.05) is 15.5 Å². The van der Waals surface area contributed by atoms with Gasteiger partial charge in [0.1, 0.15) is 46.0 Å². The van der Waals surface area contributed by atoms with Gasteiger partial charge in [-0.05, 0) is 235 Å². The van der Waals surface area contributed by atoms with Gasteiger partial charge in [-0.3, -0.25) is 4.31 Å². The van der Waals surface area contributed by atoms with Crippen LogP contribution in [0, 0.1) is 41.5 Å². The maximum absolute atomic E-state index is 7.66. The predicted molar refractivity (Wildman–Crippen MR) is 399 cm³/mol. The lowest BCUT2D eigenvalue weighted by molar-refractivity contribution is 0.465. The first-order chi connectivity index (χ1) is 46.5. The summed E-state index contributed by atoms with van der Waals surface area (Å²) in [5, 5.41) is 0. The molecule has 0 amide bonds. The van der Waals surface area contributed by atoms with Gasteiger partial charge in [-0.1, -0.05) is 176 Å². The van der Waals surface area contributed by atoms with Gasteiger partial charge >= 0.3 is 0 Å². The quantitative estimate of drug-likeness (QED) is 0.116. The number of ether oxygens (including phenoxy) is 4. The molecule has 450 valence electrons. The number of benzene rings is 13. The van der Waals surface area contributed by atoms with E-state index in [-0.39, 0.29) is 20.1 Å². The minimum atomic E-state index is -0.308. The van der Waals surface area contributed by atoms with Gasteiger partial charge in [0.2, 0.25) is 0 Å². The fourth-order valence-electron chi connectivity index (χ4n) is 16.9. The topological polar surface area (TPSA) is 43.4 Å². The van der Waals surface area contributed by atoms with Crippen molar-refractivity contribution in [1.29, 1.82) is 0 Å². The van der Waals surface area contributed by atoms with Crippen LogP contribution in [-0.2, 0) is 0 Å². The standard InChI is InChI=1S/C85H61B3N2O4S/c1-48-21-17-22-49(2)79(48)57-37-70-82-76(41-57)94-85-61(55-29-13-9-14-30-55)33-20-34-63(85)87(82)64-44-66-73(46-68(64)89(70)60-31-15-10-16-32-60)92-77-42-59(81-52(5)25-19-26-53(81)6)43-78-84(77)88(66)67-45-65-69(47-74(67)93-78)90(95-7)71-38-58(80-50(3)23-18-24-51(80)4)40-75-83(71)86(65)62-36-35-56(39-72(62)91-75)54-27-11-8-12-28-54/h8-47H,1-7H3. The fourth-order valence-corrected chi connectivity index (χ4v) is 17.6. The van der Waals surface area contributed by atoms with Crippen LogP contribution >= 0.6 is 11.9 Å². The van der Waals surface area contributed by atoms with Crippen molar-refractivity contribution in [3.05, 3.63) is 276 Å². The summed E-state index contributed by atoms with van der Waals surface area (Å²) in [4.78, 5) is 2.47. The fraction of sp³-hybridized carbons (Fsp3) is 0.0824. The highest BCUT2D eigenvalue weighted by molar-refractivity contribution is 8.00. The number of hydrogen-bond acceptors (Lipinski definition) is 7. The summed E-state index contributed by atoms with van der Waals surface area (Å²) in [6, 6.07) is 89.1. The number of aryl methyl sites for hydroxylation is 6. The van der Waals surface area contributed by atoms with Crippen LogP contribution in [0.15, 0.2) is 243 Å². The van der Waals surface area contributed by atoms with E-state index in [2.05, 4.69) is 300 Å². The molecule has 0 saturated heterocycles. The molecule has 6 aliphatic rings. The van der Waals surface area contributed by atoms with E-state index in [0.717, 1.165) is 152 Å². The molecule has 0 aromatic heterocycles. The Morgan fingerprint density at radius 2 is 0.716 bits per heavy atom. The SMILES string of the molecule is CSN1c2cc3c(cc2B2c4ccc(-c5ccccc5)cc4Oc4cc(-c5c(C)cccc5C)cc1c42)B1c2cc4c(cc2Oc2cc(-c5c(C)cccc5C)cc(c21)O3)N(c1ccccc1)c1cc(-c2c(C)cccc2C)cc2c1B4c1cccc(-c3ccccc3)c1O2. The highest BCUT2D eigenvalue weighted by Crippen LogP contribution is 2.50. The predicted octanol–water partition coefficient (Wildman–Crippen LogP) is 16.4. The summed E-state index contributed by atoms with van der Waals surface area (Å²) >= 11 is 1.72. The van der Waals surface area contributed by atoms with Crippen LogP contribution in [-0.4, -0.2) is 26.4 Å². The number of fused-ring (bicyclic) bond motifs is 12. The minimum absolute atomic E-state index is 0.181. The average Bonchev–Trinajstić information content (AvgIpc) is 0.699. The number of anilines is 5. The highest BCUT2D eigenvalue weighted by Gasteiger charge is 2.50. The van der Waals surface area contributed by atoms with Crippen LogP contribution in [0.4, 0.5) is 28.4 Å². The van der Waals surface area contributed by atoms with Crippen LogP contribution < -0.4 is 77.3 Å². The highest BCUT2D eigenvalue weighted by atomic mass is 32.2.